The molecule has 20 heavy (non-hydrogen) atoms. The van der Waals surface area contributed by atoms with Crippen LogP contribution in [0.15, 0.2) is 18.2 Å². The molecular formula is C15H21N3O2. The van der Waals surface area contributed by atoms with Gasteiger partial charge in [-0.2, -0.15) is 0 Å². The fourth-order valence-electron chi connectivity index (χ4n) is 2.28. The molecule has 5 heteroatoms. The number of nitrogens with zero attached hydrogens (tertiary/aromatic N) is 1. The van der Waals surface area contributed by atoms with Gasteiger partial charge in [-0.3, -0.25) is 9.69 Å². The molecule has 0 spiro atoms. The van der Waals surface area contributed by atoms with E-state index >= 15 is 0 Å². The van der Waals surface area contributed by atoms with Crippen molar-refractivity contribution in [3.8, 4) is 0 Å². The van der Waals surface area contributed by atoms with Gasteiger partial charge in [-0.1, -0.05) is 18.2 Å². The SMILES string of the molecule is Cc1ccc(C(N)CN2C(=O)NC(C)(C)C2=O)cc1C. The normalized spacial score (nSPS) is 19.1. The number of nitrogens with two attached hydrogens (primary N) is 1. The number of benzene rings is 1. The van der Waals surface area contributed by atoms with Crippen molar-refractivity contribution in [3.05, 3.63) is 34.9 Å². The van der Waals surface area contributed by atoms with E-state index in [-0.39, 0.29) is 24.5 Å². The van der Waals surface area contributed by atoms with Crippen molar-refractivity contribution in [2.24, 2.45) is 5.73 Å². The van der Waals surface area contributed by atoms with Crippen LogP contribution in [0.5, 0.6) is 0 Å². The molecule has 0 aromatic heterocycles. The first kappa shape index (κ1) is 14.5. The Bertz CT molecular complexity index is 566. The zero-order chi connectivity index (χ0) is 15.1. The number of imide groups is 1. The van der Waals surface area contributed by atoms with Crippen LogP contribution >= 0.6 is 0 Å². The lowest BCUT2D eigenvalue weighted by atomic mass is 10.0. The second kappa shape index (κ2) is 4.90. The molecule has 3 amide bonds. The minimum Gasteiger partial charge on any atom is -0.324 e. The zero-order valence-electron chi connectivity index (χ0n) is 12.4. The molecule has 3 N–H and O–H groups in total. The van der Waals surface area contributed by atoms with Crippen molar-refractivity contribution >= 4 is 11.9 Å². The highest BCUT2D eigenvalue weighted by Crippen LogP contribution is 2.21. The van der Waals surface area contributed by atoms with Gasteiger partial charge in [0.25, 0.3) is 5.91 Å². The van der Waals surface area contributed by atoms with Gasteiger partial charge in [0, 0.05) is 12.6 Å². The van der Waals surface area contributed by atoms with E-state index in [0.717, 1.165) is 11.1 Å². The summed E-state index contributed by atoms with van der Waals surface area (Å²) >= 11 is 0. The quantitative estimate of drug-likeness (QED) is 0.823. The first-order chi connectivity index (χ1) is 9.22. The highest BCUT2D eigenvalue weighted by atomic mass is 16.2. The molecule has 0 aliphatic carbocycles. The van der Waals surface area contributed by atoms with Crippen LogP contribution in [0.3, 0.4) is 0 Å². The molecule has 2 rings (SSSR count). The van der Waals surface area contributed by atoms with Crippen molar-refractivity contribution in [1.29, 1.82) is 0 Å². The van der Waals surface area contributed by atoms with Gasteiger partial charge < -0.3 is 11.1 Å². The highest BCUT2D eigenvalue weighted by Gasteiger charge is 2.44. The summed E-state index contributed by atoms with van der Waals surface area (Å²) in [6.07, 6.45) is 0. The van der Waals surface area contributed by atoms with Gasteiger partial charge >= 0.3 is 6.03 Å². The molecular weight excluding hydrogens is 254 g/mol. The summed E-state index contributed by atoms with van der Waals surface area (Å²) < 4.78 is 0. The molecule has 1 unspecified atom stereocenters. The third kappa shape index (κ3) is 2.54. The molecule has 0 bridgehead atoms. The number of urea groups is 1. The van der Waals surface area contributed by atoms with E-state index in [9.17, 15) is 9.59 Å². The largest absolute Gasteiger partial charge is 0.325 e. The second-order valence-corrected chi connectivity index (χ2v) is 5.92. The summed E-state index contributed by atoms with van der Waals surface area (Å²) in [4.78, 5) is 25.1. The Balaban J connectivity index is 2.15. The number of carbonyl (C=O) groups excluding carboxylic acids is 2. The topological polar surface area (TPSA) is 75.4 Å². The fraction of sp³-hybridized carbons (Fsp3) is 0.467. The number of hydrogen-bond acceptors (Lipinski definition) is 3. The standard InChI is InChI=1S/C15H21N3O2/c1-9-5-6-11(7-10(9)2)12(16)8-18-13(19)15(3,4)17-14(18)20/h5-7,12H,8,16H2,1-4H3,(H,17,20). The second-order valence-electron chi connectivity index (χ2n) is 5.92. The van der Waals surface area contributed by atoms with Crippen LogP contribution in [0.2, 0.25) is 0 Å². The van der Waals surface area contributed by atoms with E-state index in [1.807, 2.05) is 32.0 Å². The Hall–Kier alpha value is -1.88. The summed E-state index contributed by atoms with van der Waals surface area (Å²) in [5, 5.41) is 2.65. The summed E-state index contributed by atoms with van der Waals surface area (Å²) in [7, 11) is 0. The third-order valence-corrected chi connectivity index (χ3v) is 3.78. The summed E-state index contributed by atoms with van der Waals surface area (Å²) in [5.41, 5.74) is 8.56. The Morgan fingerprint density at radius 2 is 1.90 bits per heavy atom. The van der Waals surface area contributed by atoms with Crippen LogP contribution in [-0.2, 0) is 4.79 Å². The van der Waals surface area contributed by atoms with Crippen molar-refractivity contribution < 1.29 is 9.59 Å². The predicted molar refractivity (Wildman–Crippen MR) is 77.2 cm³/mol. The number of carbonyl (C=O) groups is 2. The average Bonchev–Trinajstić information content (AvgIpc) is 2.55. The molecule has 1 aromatic carbocycles. The Labute approximate surface area is 119 Å². The number of nitrogens with one attached hydrogen (secondary N) is 1. The first-order valence-electron chi connectivity index (χ1n) is 6.69. The van der Waals surface area contributed by atoms with Gasteiger partial charge in [-0.05, 0) is 44.4 Å². The molecule has 1 aliphatic heterocycles. The molecule has 1 aromatic rings. The molecule has 1 fully saturated rings. The van der Waals surface area contributed by atoms with Crippen molar-refractivity contribution in [2.75, 3.05) is 6.54 Å². The zero-order valence-corrected chi connectivity index (χ0v) is 12.4. The van der Waals surface area contributed by atoms with E-state index in [1.165, 1.54) is 10.5 Å². The van der Waals surface area contributed by atoms with Crippen LogP contribution in [-0.4, -0.2) is 28.9 Å². The lowest BCUT2D eigenvalue weighted by Crippen LogP contribution is -2.41. The van der Waals surface area contributed by atoms with Gasteiger partial charge in [-0.25, -0.2) is 4.79 Å². The van der Waals surface area contributed by atoms with Crippen LogP contribution < -0.4 is 11.1 Å². The highest BCUT2D eigenvalue weighted by molar-refractivity contribution is 6.06. The molecule has 0 radical (unpaired) electrons. The molecule has 5 nitrogen and oxygen atoms in total. The van der Waals surface area contributed by atoms with Crippen molar-refractivity contribution in [2.45, 2.75) is 39.3 Å². The van der Waals surface area contributed by atoms with E-state index in [0.29, 0.717) is 0 Å². The van der Waals surface area contributed by atoms with Crippen molar-refractivity contribution in [1.82, 2.24) is 10.2 Å². The maximum absolute atomic E-state index is 12.1. The van der Waals surface area contributed by atoms with Gasteiger partial charge in [0.1, 0.15) is 5.54 Å². The fourth-order valence-corrected chi connectivity index (χ4v) is 2.28. The van der Waals surface area contributed by atoms with Gasteiger partial charge in [0.15, 0.2) is 0 Å². The van der Waals surface area contributed by atoms with E-state index in [2.05, 4.69) is 5.32 Å². The van der Waals surface area contributed by atoms with E-state index in [4.69, 9.17) is 5.73 Å². The molecule has 108 valence electrons. The number of amides is 3. The average molecular weight is 275 g/mol. The lowest BCUT2D eigenvalue weighted by molar-refractivity contribution is -0.130. The molecule has 1 atom stereocenters. The number of rotatable bonds is 3. The van der Waals surface area contributed by atoms with Crippen LogP contribution in [0.1, 0.15) is 36.6 Å². The van der Waals surface area contributed by atoms with Crippen LogP contribution in [0, 0.1) is 13.8 Å². The minimum absolute atomic E-state index is 0.191. The predicted octanol–water partition coefficient (Wildman–Crippen LogP) is 1.63. The van der Waals surface area contributed by atoms with E-state index in [1.54, 1.807) is 13.8 Å². The molecule has 1 saturated heterocycles. The maximum atomic E-state index is 12.1. The minimum atomic E-state index is -0.847. The number of hydrogen-bond donors (Lipinski definition) is 2. The number of aryl methyl sites for hydroxylation is 2. The van der Waals surface area contributed by atoms with Gasteiger partial charge in [0.05, 0.1) is 0 Å². The summed E-state index contributed by atoms with van der Waals surface area (Å²) in [6.45, 7) is 7.62. The maximum Gasteiger partial charge on any atom is 0.325 e. The summed E-state index contributed by atoms with van der Waals surface area (Å²) in [6, 6.07) is 5.19. The molecule has 0 saturated carbocycles. The molecule has 1 aliphatic rings. The lowest BCUT2D eigenvalue weighted by Gasteiger charge is -2.20. The Morgan fingerprint density at radius 3 is 2.40 bits per heavy atom. The monoisotopic (exact) mass is 275 g/mol. The third-order valence-electron chi connectivity index (χ3n) is 3.78. The van der Waals surface area contributed by atoms with Crippen LogP contribution in [0.25, 0.3) is 0 Å². The van der Waals surface area contributed by atoms with E-state index < -0.39 is 5.54 Å². The van der Waals surface area contributed by atoms with Gasteiger partial charge in [0.2, 0.25) is 0 Å². The smallest absolute Gasteiger partial charge is 0.324 e. The Morgan fingerprint density at radius 1 is 1.25 bits per heavy atom. The summed E-state index contributed by atoms with van der Waals surface area (Å²) in [5.74, 6) is -0.234. The first-order valence-corrected chi connectivity index (χ1v) is 6.69. The van der Waals surface area contributed by atoms with Crippen LogP contribution in [0.4, 0.5) is 4.79 Å². The van der Waals surface area contributed by atoms with Crippen molar-refractivity contribution in [3.63, 3.8) is 0 Å². The molecule has 1 heterocycles. The Kier molecular flexibility index (Phi) is 3.56. The van der Waals surface area contributed by atoms with Gasteiger partial charge in [-0.15, -0.1) is 0 Å².